The molecule has 5 nitrogen and oxygen atoms in total. The summed E-state index contributed by atoms with van der Waals surface area (Å²) in [6, 6.07) is 16.0. The largest absolute Gasteiger partial charge is 0.461 e. The van der Waals surface area contributed by atoms with Gasteiger partial charge in [-0.3, -0.25) is 9.36 Å². The van der Waals surface area contributed by atoms with E-state index in [2.05, 4.69) is 4.98 Å². The summed E-state index contributed by atoms with van der Waals surface area (Å²) in [6.45, 7) is 2.03. The fraction of sp³-hybridized carbons (Fsp3) is 0.174. The third-order valence-electron chi connectivity index (χ3n) is 4.87. The molecule has 0 saturated carbocycles. The number of fused-ring (bicyclic) bond motifs is 1. The summed E-state index contributed by atoms with van der Waals surface area (Å²) in [5, 5.41) is 0.369. The van der Waals surface area contributed by atoms with Crippen LogP contribution in [-0.2, 0) is 17.7 Å². The Hall–Kier alpha value is -3.32. The minimum absolute atomic E-state index is 0.0700. The molecule has 0 aliphatic rings. The van der Waals surface area contributed by atoms with Crippen molar-refractivity contribution in [2.24, 2.45) is 0 Å². The highest BCUT2D eigenvalue weighted by atomic mass is 32.1. The zero-order chi connectivity index (χ0) is 21.1. The predicted octanol–water partition coefficient (Wildman–Crippen LogP) is 4.35. The van der Waals surface area contributed by atoms with Crippen molar-refractivity contribution in [2.45, 2.75) is 19.9 Å². The minimum atomic E-state index is -0.466. The van der Waals surface area contributed by atoms with Crippen molar-refractivity contribution >= 4 is 27.5 Å². The van der Waals surface area contributed by atoms with E-state index >= 15 is 0 Å². The van der Waals surface area contributed by atoms with Crippen molar-refractivity contribution < 1.29 is 13.9 Å². The molecule has 0 radical (unpaired) electrons. The molecule has 0 unspecified atom stereocenters. The monoisotopic (exact) mass is 422 g/mol. The first kappa shape index (κ1) is 20.0. The summed E-state index contributed by atoms with van der Waals surface area (Å²) in [5.74, 6) is -0.847. The Morgan fingerprint density at radius 1 is 1.13 bits per heavy atom. The number of hydrogen-bond acceptors (Lipinski definition) is 5. The van der Waals surface area contributed by atoms with Crippen LogP contribution in [-0.4, -0.2) is 22.1 Å². The lowest BCUT2D eigenvalue weighted by atomic mass is 10.2. The zero-order valence-electron chi connectivity index (χ0n) is 16.3. The fourth-order valence-electron chi connectivity index (χ4n) is 3.25. The molecule has 2 aromatic heterocycles. The van der Waals surface area contributed by atoms with Crippen molar-refractivity contribution in [3.8, 4) is 0 Å². The number of aromatic nitrogens is 2. The van der Waals surface area contributed by atoms with Gasteiger partial charge in [0, 0.05) is 12.0 Å². The van der Waals surface area contributed by atoms with E-state index in [1.165, 1.54) is 17.0 Å². The number of rotatable bonds is 6. The maximum absolute atomic E-state index is 14.0. The second kappa shape index (κ2) is 8.59. The number of nitrogens with zero attached hydrogens (tertiary/aromatic N) is 2. The number of hydrogen-bond donors (Lipinski definition) is 0. The summed E-state index contributed by atoms with van der Waals surface area (Å²) in [7, 11) is 0. The Bertz CT molecular complexity index is 1260. The summed E-state index contributed by atoms with van der Waals surface area (Å²) in [5.41, 5.74) is 1.71. The van der Waals surface area contributed by atoms with Crippen molar-refractivity contribution in [1.82, 2.24) is 9.55 Å². The average molecular weight is 422 g/mol. The highest BCUT2D eigenvalue weighted by Crippen LogP contribution is 2.27. The zero-order valence-corrected chi connectivity index (χ0v) is 17.1. The molecule has 4 aromatic rings. The molecule has 4 rings (SSSR count). The van der Waals surface area contributed by atoms with Crippen LogP contribution < -0.4 is 5.56 Å². The van der Waals surface area contributed by atoms with Gasteiger partial charge in [-0.05, 0) is 24.1 Å². The number of thiophene rings is 1. The first-order valence-electron chi connectivity index (χ1n) is 9.47. The molecular formula is C23H19FN2O3S. The SMILES string of the molecule is Cc1c(C(=O)OCCc2ccccc2)sc2ncn(Cc3ccccc3F)c(=O)c12. The smallest absolute Gasteiger partial charge is 0.348 e. The molecule has 0 N–H and O–H groups in total. The maximum Gasteiger partial charge on any atom is 0.348 e. The number of aryl methyl sites for hydroxylation is 1. The van der Waals surface area contributed by atoms with Crippen molar-refractivity contribution in [1.29, 1.82) is 0 Å². The topological polar surface area (TPSA) is 61.2 Å². The van der Waals surface area contributed by atoms with Gasteiger partial charge < -0.3 is 4.74 Å². The molecular weight excluding hydrogens is 403 g/mol. The van der Waals surface area contributed by atoms with Crippen LogP contribution >= 0.6 is 11.3 Å². The van der Waals surface area contributed by atoms with Crippen LogP contribution in [0.3, 0.4) is 0 Å². The number of esters is 1. The van der Waals surface area contributed by atoms with Crippen LogP contribution in [0.4, 0.5) is 4.39 Å². The lowest BCUT2D eigenvalue weighted by Crippen LogP contribution is -2.21. The van der Waals surface area contributed by atoms with Gasteiger partial charge in [0.1, 0.15) is 15.5 Å². The summed E-state index contributed by atoms with van der Waals surface area (Å²) >= 11 is 1.14. The molecule has 0 aliphatic carbocycles. The van der Waals surface area contributed by atoms with E-state index in [0.717, 1.165) is 16.9 Å². The van der Waals surface area contributed by atoms with E-state index in [4.69, 9.17) is 4.74 Å². The second-order valence-electron chi connectivity index (χ2n) is 6.88. The van der Waals surface area contributed by atoms with Gasteiger partial charge >= 0.3 is 5.97 Å². The van der Waals surface area contributed by atoms with Gasteiger partial charge in [0.25, 0.3) is 5.56 Å². The molecule has 0 fully saturated rings. The van der Waals surface area contributed by atoms with E-state index in [9.17, 15) is 14.0 Å². The lowest BCUT2D eigenvalue weighted by molar-refractivity contribution is 0.0514. The lowest BCUT2D eigenvalue weighted by Gasteiger charge is -2.06. The highest BCUT2D eigenvalue weighted by molar-refractivity contribution is 7.20. The van der Waals surface area contributed by atoms with E-state index < -0.39 is 5.97 Å². The molecule has 0 spiro atoms. The first-order valence-corrected chi connectivity index (χ1v) is 10.3. The van der Waals surface area contributed by atoms with Crippen LogP contribution in [0.2, 0.25) is 0 Å². The number of carbonyl (C=O) groups excluding carboxylic acids is 1. The second-order valence-corrected chi connectivity index (χ2v) is 7.88. The van der Waals surface area contributed by atoms with Gasteiger partial charge in [-0.1, -0.05) is 48.5 Å². The Kier molecular flexibility index (Phi) is 5.72. The molecule has 152 valence electrons. The normalized spacial score (nSPS) is 11.0. The highest BCUT2D eigenvalue weighted by Gasteiger charge is 2.20. The minimum Gasteiger partial charge on any atom is -0.461 e. The number of ether oxygens (including phenoxy) is 1. The molecule has 2 heterocycles. The van der Waals surface area contributed by atoms with E-state index in [1.807, 2.05) is 30.3 Å². The maximum atomic E-state index is 14.0. The van der Waals surface area contributed by atoms with Gasteiger partial charge in [-0.25, -0.2) is 14.2 Å². The van der Waals surface area contributed by atoms with Gasteiger partial charge in [-0.15, -0.1) is 11.3 Å². The number of carbonyl (C=O) groups is 1. The summed E-state index contributed by atoms with van der Waals surface area (Å²) in [4.78, 5) is 30.7. The number of halogens is 1. The summed E-state index contributed by atoms with van der Waals surface area (Å²) in [6.07, 6.45) is 2.00. The molecule has 2 aromatic carbocycles. The molecule has 0 atom stereocenters. The van der Waals surface area contributed by atoms with E-state index in [1.54, 1.807) is 25.1 Å². The Balaban J connectivity index is 1.56. The quantitative estimate of drug-likeness (QED) is 0.434. The van der Waals surface area contributed by atoms with Crippen LogP contribution in [0.5, 0.6) is 0 Å². The molecule has 0 amide bonds. The Labute approximate surface area is 176 Å². The molecule has 0 aliphatic heterocycles. The molecule has 0 bridgehead atoms. The Morgan fingerprint density at radius 2 is 1.87 bits per heavy atom. The van der Waals surface area contributed by atoms with E-state index in [-0.39, 0.29) is 24.5 Å². The number of benzene rings is 2. The standard InChI is InChI=1S/C23H19FN2O3S/c1-15-19-21(25-14-26(22(19)27)13-17-9-5-6-10-18(17)24)30-20(15)23(28)29-12-11-16-7-3-2-4-8-16/h2-10,14H,11-13H2,1H3. The third-order valence-corrected chi connectivity index (χ3v) is 6.05. The van der Waals surface area contributed by atoms with Gasteiger partial charge in [0.2, 0.25) is 0 Å². The van der Waals surface area contributed by atoms with Crippen molar-refractivity contribution in [3.63, 3.8) is 0 Å². The Morgan fingerprint density at radius 3 is 2.63 bits per heavy atom. The van der Waals surface area contributed by atoms with Gasteiger partial charge in [0.05, 0.1) is 24.9 Å². The third kappa shape index (κ3) is 4.02. The van der Waals surface area contributed by atoms with Gasteiger partial charge in [0.15, 0.2) is 0 Å². The van der Waals surface area contributed by atoms with Crippen LogP contribution in [0, 0.1) is 12.7 Å². The molecule has 0 saturated heterocycles. The van der Waals surface area contributed by atoms with Crippen LogP contribution in [0.1, 0.15) is 26.4 Å². The van der Waals surface area contributed by atoms with E-state index in [0.29, 0.717) is 32.6 Å². The van der Waals surface area contributed by atoms with Crippen molar-refractivity contribution in [2.75, 3.05) is 6.61 Å². The first-order chi connectivity index (χ1) is 14.5. The van der Waals surface area contributed by atoms with Gasteiger partial charge in [-0.2, -0.15) is 0 Å². The predicted molar refractivity (Wildman–Crippen MR) is 115 cm³/mol. The van der Waals surface area contributed by atoms with Crippen molar-refractivity contribution in [3.05, 3.63) is 98.7 Å². The summed E-state index contributed by atoms with van der Waals surface area (Å²) < 4.78 is 20.7. The fourth-order valence-corrected chi connectivity index (χ4v) is 4.28. The molecule has 7 heteroatoms. The van der Waals surface area contributed by atoms with Crippen LogP contribution in [0.25, 0.3) is 10.2 Å². The average Bonchev–Trinajstić information content (AvgIpc) is 3.09. The van der Waals surface area contributed by atoms with Crippen LogP contribution in [0.15, 0.2) is 65.7 Å². The molecule has 30 heavy (non-hydrogen) atoms.